The van der Waals surface area contributed by atoms with Gasteiger partial charge in [-0.25, -0.2) is 0 Å². The van der Waals surface area contributed by atoms with E-state index in [1.54, 1.807) is 13.3 Å². The average molecular weight is 480 g/mol. The van der Waals surface area contributed by atoms with Crippen LogP contribution in [0.15, 0.2) is 27.8 Å². The molecule has 1 rings (SSSR count). The van der Waals surface area contributed by atoms with Crippen LogP contribution in [0, 0.1) is 0 Å². The van der Waals surface area contributed by atoms with Crippen LogP contribution in [-0.2, 0) is 4.74 Å². The molecule has 1 atom stereocenters. The number of unbranched alkanes of at least 4 members (excludes halogenated alkanes) is 1. The summed E-state index contributed by atoms with van der Waals surface area (Å²) in [6.07, 6.45) is 5.02. The van der Waals surface area contributed by atoms with Crippen molar-refractivity contribution in [2.75, 3.05) is 46.4 Å². The number of rotatable bonds is 13. The number of nitrogens with zero attached hydrogens (tertiary/aromatic N) is 2. The van der Waals surface area contributed by atoms with E-state index < -0.39 is 0 Å². The van der Waals surface area contributed by atoms with E-state index in [9.17, 15) is 0 Å². The molecule has 0 aliphatic rings. The predicted molar refractivity (Wildman–Crippen MR) is 119 cm³/mol. The molecular weight excluding hydrogens is 443 g/mol. The minimum absolute atomic E-state index is 0. The molecule has 0 aliphatic heterocycles. The van der Waals surface area contributed by atoms with Gasteiger partial charge in [-0.2, -0.15) is 0 Å². The van der Waals surface area contributed by atoms with Crippen molar-refractivity contribution in [1.29, 1.82) is 0 Å². The lowest BCUT2D eigenvalue weighted by molar-refractivity contribution is 0.129. The van der Waals surface area contributed by atoms with Crippen molar-refractivity contribution < 1.29 is 9.15 Å². The summed E-state index contributed by atoms with van der Waals surface area (Å²) in [5, 5.41) is 6.76. The van der Waals surface area contributed by atoms with Gasteiger partial charge in [-0.15, -0.1) is 24.0 Å². The topological polar surface area (TPSA) is 62.0 Å². The van der Waals surface area contributed by atoms with Crippen molar-refractivity contribution in [2.45, 2.75) is 46.1 Å². The first-order valence-electron chi connectivity index (χ1n) is 9.56. The summed E-state index contributed by atoms with van der Waals surface area (Å²) < 4.78 is 11.2. The molecule has 152 valence electrons. The third kappa shape index (κ3) is 9.78. The van der Waals surface area contributed by atoms with Gasteiger partial charge in [-0.1, -0.05) is 27.2 Å². The monoisotopic (exact) mass is 480 g/mol. The van der Waals surface area contributed by atoms with Crippen LogP contribution in [0.4, 0.5) is 0 Å². The summed E-state index contributed by atoms with van der Waals surface area (Å²) >= 11 is 0. The van der Waals surface area contributed by atoms with E-state index in [1.165, 1.54) is 6.42 Å². The Hall–Kier alpha value is -0.800. The maximum absolute atomic E-state index is 5.63. The lowest BCUT2D eigenvalue weighted by Crippen LogP contribution is -2.43. The smallest absolute Gasteiger partial charge is 0.191 e. The Kier molecular flexibility index (Phi) is 15.9. The van der Waals surface area contributed by atoms with Crippen molar-refractivity contribution in [1.82, 2.24) is 15.5 Å². The molecule has 0 saturated heterocycles. The second-order valence-electron chi connectivity index (χ2n) is 5.95. The van der Waals surface area contributed by atoms with Crippen LogP contribution in [0.25, 0.3) is 0 Å². The van der Waals surface area contributed by atoms with Gasteiger partial charge < -0.3 is 19.8 Å². The highest BCUT2D eigenvalue weighted by atomic mass is 127. The van der Waals surface area contributed by atoms with Crippen molar-refractivity contribution in [2.24, 2.45) is 4.99 Å². The molecule has 2 N–H and O–H groups in total. The van der Waals surface area contributed by atoms with Crippen LogP contribution in [0.5, 0.6) is 0 Å². The van der Waals surface area contributed by atoms with Gasteiger partial charge in [-0.05, 0) is 38.1 Å². The summed E-state index contributed by atoms with van der Waals surface area (Å²) in [5.74, 6) is 1.80. The molecule has 0 radical (unpaired) electrons. The van der Waals surface area contributed by atoms with E-state index in [1.807, 2.05) is 12.1 Å². The van der Waals surface area contributed by atoms with E-state index >= 15 is 0 Å². The number of hydrogen-bond acceptors (Lipinski definition) is 4. The number of aliphatic imine (C=N–C) groups is 1. The molecule has 0 aromatic carbocycles. The van der Waals surface area contributed by atoms with Crippen LogP contribution < -0.4 is 10.6 Å². The lowest BCUT2D eigenvalue weighted by Gasteiger charge is -2.28. The third-order valence-electron chi connectivity index (χ3n) is 4.21. The largest absolute Gasteiger partial charge is 0.468 e. The van der Waals surface area contributed by atoms with Gasteiger partial charge in [0.1, 0.15) is 5.76 Å². The van der Waals surface area contributed by atoms with E-state index in [2.05, 4.69) is 41.3 Å². The molecule has 0 aliphatic carbocycles. The number of hydrogen-bond donors (Lipinski definition) is 2. The van der Waals surface area contributed by atoms with Gasteiger partial charge in [0.2, 0.25) is 0 Å². The van der Waals surface area contributed by atoms with Crippen LogP contribution in [0.1, 0.15) is 51.8 Å². The molecule has 1 unspecified atom stereocenters. The maximum atomic E-state index is 5.63. The molecule has 1 aromatic rings. The number of halogens is 1. The SMILES string of the molecule is CCCCOCCCNC(=NC)NCC(c1ccco1)N(CC)CC.I. The van der Waals surface area contributed by atoms with Gasteiger partial charge in [0.15, 0.2) is 5.96 Å². The number of furan rings is 1. The van der Waals surface area contributed by atoms with Crippen LogP contribution in [0.2, 0.25) is 0 Å². The van der Waals surface area contributed by atoms with E-state index in [0.717, 1.165) is 64.0 Å². The highest BCUT2D eigenvalue weighted by Gasteiger charge is 2.20. The highest BCUT2D eigenvalue weighted by molar-refractivity contribution is 14.0. The Morgan fingerprint density at radius 2 is 1.92 bits per heavy atom. The molecule has 6 nitrogen and oxygen atoms in total. The fourth-order valence-corrected chi connectivity index (χ4v) is 2.70. The Balaban J connectivity index is 0.00000625. The van der Waals surface area contributed by atoms with E-state index in [4.69, 9.17) is 9.15 Å². The summed E-state index contributed by atoms with van der Waals surface area (Å²) in [6, 6.07) is 4.17. The van der Waals surface area contributed by atoms with E-state index in [0.29, 0.717) is 0 Å². The first kappa shape index (κ1) is 25.2. The molecule has 1 heterocycles. The third-order valence-corrected chi connectivity index (χ3v) is 4.21. The first-order chi connectivity index (χ1) is 12.3. The second-order valence-corrected chi connectivity index (χ2v) is 5.95. The van der Waals surface area contributed by atoms with Gasteiger partial charge in [0.05, 0.1) is 12.3 Å². The van der Waals surface area contributed by atoms with Crippen LogP contribution in [0.3, 0.4) is 0 Å². The fourth-order valence-electron chi connectivity index (χ4n) is 2.70. The Bertz CT molecular complexity index is 450. The molecule has 7 heteroatoms. The minimum Gasteiger partial charge on any atom is -0.468 e. The van der Waals surface area contributed by atoms with E-state index in [-0.39, 0.29) is 30.0 Å². The number of guanidine groups is 1. The molecular formula is C19H37IN4O2. The Labute approximate surface area is 176 Å². The van der Waals surface area contributed by atoms with Crippen LogP contribution in [-0.4, -0.2) is 57.3 Å². The molecule has 0 fully saturated rings. The predicted octanol–water partition coefficient (Wildman–Crippen LogP) is 3.65. The zero-order chi connectivity index (χ0) is 18.3. The van der Waals surface area contributed by atoms with Crippen LogP contribution >= 0.6 is 24.0 Å². The molecule has 0 spiro atoms. The summed E-state index contributed by atoms with van der Waals surface area (Å²) in [7, 11) is 1.80. The first-order valence-corrected chi connectivity index (χ1v) is 9.56. The zero-order valence-corrected chi connectivity index (χ0v) is 19.1. The summed E-state index contributed by atoms with van der Waals surface area (Å²) in [6.45, 7) is 11.7. The second kappa shape index (κ2) is 16.4. The molecule has 0 bridgehead atoms. The number of nitrogens with one attached hydrogen (secondary N) is 2. The zero-order valence-electron chi connectivity index (χ0n) is 16.8. The van der Waals surface area contributed by atoms with Crippen molar-refractivity contribution in [3.05, 3.63) is 24.2 Å². The lowest BCUT2D eigenvalue weighted by atomic mass is 10.2. The Morgan fingerprint density at radius 1 is 1.19 bits per heavy atom. The summed E-state index contributed by atoms with van der Waals surface area (Å²) in [4.78, 5) is 6.68. The van der Waals surface area contributed by atoms with Gasteiger partial charge in [0.25, 0.3) is 0 Å². The van der Waals surface area contributed by atoms with Crippen molar-refractivity contribution in [3.8, 4) is 0 Å². The fraction of sp³-hybridized carbons (Fsp3) is 0.737. The average Bonchev–Trinajstić information content (AvgIpc) is 3.16. The molecule has 0 amide bonds. The van der Waals surface area contributed by atoms with Crippen molar-refractivity contribution >= 4 is 29.9 Å². The van der Waals surface area contributed by atoms with Gasteiger partial charge >= 0.3 is 0 Å². The maximum Gasteiger partial charge on any atom is 0.191 e. The van der Waals surface area contributed by atoms with Crippen molar-refractivity contribution in [3.63, 3.8) is 0 Å². The normalized spacial score (nSPS) is 12.7. The van der Waals surface area contributed by atoms with Gasteiger partial charge in [0, 0.05) is 33.4 Å². The molecule has 26 heavy (non-hydrogen) atoms. The number of ether oxygens (including phenoxy) is 1. The standard InChI is InChI=1S/C19H36N4O2.HI/c1-5-8-13-24-14-10-12-21-19(20-4)22-16-17(23(6-2)7-3)18-11-9-15-25-18;/h9,11,15,17H,5-8,10,12-14,16H2,1-4H3,(H2,20,21,22);1H. The Morgan fingerprint density at radius 3 is 2.50 bits per heavy atom. The highest BCUT2D eigenvalue weighted by Crippen LogP contribution is 2.20. The minimum atomic E-state index is 0. The molecule has 1 aromatic heterocycles. The quantitative estimate of drug-likeness (QED) is 0.195. The molecule has 0 saturated carbocycles. The number of likely N-dealkylation sites (N-methyl/N-ethyl adjacent to an activating group) is 1. The summed E-state index contributed by atoms with van der Waals surface area (Å²) in [5.41, 5.74) is 0. The van der Waals surface area contributed by atoms with Gasteiger partial charge in [-0.3, -0.25) is 9.89 Å².